The number of carboxylic acids is 1. The van der Waals surface area contributed by atoms with Gasteiger partial charge in [-0.3, -0.25) is 9.59 Å². The van der Waals surface area contributed by atoms with Crippen molar-refractivity contribution in [2.24, 2.45) is 33.9 Å². The lowest BCUT2D eigenvalue weighted by Gasteiger charge is -2.46. The van der Waals surface area contributed by atoms with Crippen molar-refractivity contribution in [1.82, 2.24) is 29.5 Å². The number of nitrogens with zero attached hydrogens (tertiary/aromatic N) is 3. The fourth-order valence-corrected chi connectivity index (χ4v) is 12.9. The fourth-order valence-electron chi connectivity index (χ4n) is 8.96. The Morgan fingerprint density at radius 1 is 0.848 bits per heavy atom. The minimum Gasteiger partial charge on any atom is -0.477 e. The lowest BCUT2D eigenvalue weighted by Crippen LogP contribution is -2.63. The number of carbonyl (C=O) groups excluding carboxylic acids is 4. The third-order valence-electron chi connectivity index (χ3n) is 11.7. The molecule has 0 aliphatic carbocycles. The molecule has 22 nitrogen and oxygen atoms in total. The quantitative estimate of drug-likeness (QED) is 0.0409. The molecule has 10 N–H and O–H groups in total. The SMILES string of the molecule is C.C=CCOC(=O)C1=C(S[C@H]2C[C@@H](CNS(N)(=O)=O)N(C(=O)OCC=C)C2)[C@H](C)[C@@H]2[C@@H]([C@@H](C)O)C(=O)N12.C[C@@H](O)[C@H]1C(=O)N2C(C(=O)O)=C(S[C@@H]3CN[C@H](CNS(N)(=O)=O)C3)[C@H](C)[C@H]12.II. The van der Waals surface area contributed by atoms with Crippen molar-refractivity contribution in [3.05, 3.63) is 46.5 Å². The van der Waals surface area contributed by atoms with Gasteiger partial charge in [0.05, 0.1) is 36.1 Å². The molecule has 0 radical (unpaired) electrons. The summed E-state index contributed by atoms with van der Waals surface area (Å²) in [5.41, 5.74) is 0.138. The Balaban J connectivity index is 0.000000344. The van der Waals surface area contributed by atoms with Crippen molar-refractivity contribution >= 4 is 111 Å². The van der Waals surface area contributed by atoms with Crippen LogP contribution in [0.4, 0.5) is 4.79 Å². The Morgan fingerprint density at radius 3 is 1.80 bits per heavy atom. The van der Waals surface area contributed by atoms with E-state index in [-0.39, 0.29) is 104 Å². The molecule has 374 valence electrons. The first-order valence-electron chi connectivity index (χ1n) is 20.2. The maximum atomic E-state index is 12.9. The number of aliphatic hydroxyl groups is 2. The van der Waals surface area contributed by atoms with Crippen LogP contribution in [0.15, 0.2) is 46.5 Å². The van der Waals surface area contributed by atoms with Crippen LogP contribution in [0.3, 0.4) is 0 Å². The third-order valence-corrected chi connectivity index (χ3v) is 15.8. The van der Waals surface area contributed by atoms with Crippen LogP contribution >= 0.6 is 60.8 Å². The molecule has 0 spiro atoms. The second-order valence-electron chi connectivity index (χ2n) is 16.1. The first-order chi connectivity index (χ1) is 30.4. The molecule has 4 fully saturated rings. The number of esters is 1. The summed E-state index contributed by atoms with van der Waals surface area (Å²) in [7, 11) is -7.74. The van der Waals surface area contributed by atoms with Gasteiger partial charge >= 0.3 is 18.0 Å². The third kappa shape index (κ3) is 13.4. The molecule has 0 aromatic rings. The zero-order valence-corrected chi connectivity index (χ0v) is 43.5. The average molecular weight is 1240 g/mol. The first-order valence-corrected chi connectivity index (χ1v) is 31.4. The van der Waals surface area contributed by atoms with E-state index >= 15 is 0 Å². The highest BCUT2D eigenvalue weighted by molar-refractivity contribution is 15.0. The molecule has 3 amide bonds. The number of amides is 3. The van der Waals surface area contributed by atoms with Gasteiger partial charge in [0.25, 0.3) is 20.4 Å². The molecule has 6 rings (SSSR count). The molecule has 0 aromatic heterocycles. The number of carbonyl (C=O) groups is 5. The summed E-state index contributed by atoms with van der Waals surface area (Å²) in [4.78, 5) is 67.8. The molecule has 0 aromatic carbocycles. The number of rotatable bonds is 18. The average Bonchev–Trinajstić information content (AvgIpc) is 3.97. The summed E-state index contributed by atoms with van der Waals surface area (Å²) in [6, 6.07) is -1.37. The molecule has 6 heterocycles. The van der Waals surface area contributed by atoms with Crippen molar-refractivity contribution in [2.45, 2.75) is 94.8 Å². The van der Waals surface area contributed by atoms with Gasteiger partial charge in [0, 0.05) is 108 Å². The van der Waals surface area contributed by atoms with E-state index in [2.05, 4.69) is 65.2 Å². The topological polar surface area (TPSA) is 331 Å². The molecule has 66 heavy (non-hydrogen) atoms. The maximum absolute atomic E-state index is 12.9. The largest absolute Gasteiger partial charge is 0.477 e. The number of nitrogens with one attached hydrogen (secondary N) is 3. The van der Waals surface area contributed by atoms with E-state index in [0.717, 1.165) is 0 Å². The Kier molecular flexibility index (Phi) is 21.7. The highest BCUT2D eigenvalue weighted by Gasteiger charge is 2.62. The molecule has 6 aliphatic heterocycles. The van der Waals surface area contributed by atoms with Gasteiger partial charge in [-0.1, -0.05) is 46.6 Å². The number of fused-ring (bicyclic) bond motifs is 2. The minimum absolute atomic E-state index is 0. The number of likely N-dealkylation sites (tertiary alicyclic amines) is 1. The van der Waals surface area contributed by atoms with Crippen LogP contribution in [-0.2, 0) is 49.1 Å². The van der Waals surface area contributed by atoms with Crippen molar-refractivity contribution in [3.8, 4) is 0 Å². The number of carboxylic acid groups (broad SMARTS) is 1. The molecule has 0 unspecified atom stereocenters. The number of nitrogens with two attached hydrogens (primary N) is 2. The van der Waals surface area contributed by atoms with Crippen LogP contribution in [0.25, 0.3) is 0 Å². The van der Waals surface area contributed by atoms with Gasteiger partial charge in [0.2, 0.25) is 11.8 Å². The van der Waals surface area contributed by atoms with Crippen molar-refractivity contribution in [2.75, 3.05) is 39.4 Å². The molecule has 0 bridgehead atoms. The number of hydrogen-bond acceptors (Lipinski definition) is 16. The summed E-state index contributed by atoms with van der Waals surface area (Å²) >= 11 is 6.99. The lowest BCUT2D eigenvalue weighted by atomic mass is 9.79. The van der Waals surface area contributed by atoms with Gasteiger partial charge in [-0.15, -0.1) is 23.5 Å². The van der Waals surface area contributed by atoms with Crippen molar-refractivity contribution in [1.29, 1.82) is 0 Å². The molecule has 4 saturated heterocycles. The highest BCUT2D eigenvalue weighted by atomic mass is 128. The number of thioether (sulfide) groups is 2. The van der Waals surface area contributed by atoms with Gasteiger partial charge < -0.3 is 44.8 Å². The van der Waals surface area contributed by atoms with Crippen LogP contribution < -0.4 is 25.0 Å². The Labute approximate surface area is 417 Å². The summed E-state index contributed by atoms with van der Waals surface area (Å²) < 4.78 is 59.7. The van der Waals surface area contributed by atoms with E-state index < -0.39 is 68.5 Å². The first kappa shape index (κ1) is 58.2. The predicted molar refractivity (Wildman–Crippen MR) is 266 cm³/mol. The van der Waals surface area contributed by atoms with Gasteiger partial charge in [-0.05, 0) is 26.7 Å². The Hall–Kier alpha value is -2.11. The zero-order chi connectivity index (χ0) is 48.9. The van der Waals surface area contributed by atoms with Gasteiger partial charge in [0.1, 0.15) is 24.6 Å². The van der Waals surface area contributed by atoms with E-state index in [1.165, 1.54) is 50.4 Å². The number of ether oxygens (including phenoxy) is 2. The molecule has 28 heteroatoms. The van der Waals surface area contributed by atoms with Crippen LogP contribution in [0, 0.1) is 23.7 Å². The molecule has 6 aliphatic rings. The minimum atomic E-state index is -3.98. The van der Waals surface area contributed by atoms with Crippen molar-refractivity contribution < 1.29 is 65.6 Å². The van der Waals surface area contributed by atoms with Gasteiger partial charge in [0.15, 0.2) is 0 Å². The Bertz CT molecular complexity index is 2150. The second-order valence-corrected chi connectivity index (χ2v) is 21.6. The smallest absolute Gasteiger partial charge is 0.410 e. The zero-order valence-electron chi connectivity index (χ0n) is 35.9. The van der Waals surface area contributed by atoms with E-state index in [4.69, 9.17) is 19.8 Å². The fraction of sp³-hybridized carbons (Fsp3) is 0.658. The maximum Gasteiger partial charge on any atom is 0.410 e. The van der Waals surface area contributed by atoms with Crippen molar-refractivity contribution in [3.63, 3.8) is 0 Å². The molecule has 12 atom stereocenters. The summed E-state index contributed by atoms with van der Waals surface area (Å²) in [6.45, 7) is 14.7. The van der Waals surface area contributed by atoms with Crippen LogP contribution in [0.5, 0.6) is 0 Å². The standard InChI is InChI=1S/C22H32N4O8S2.C15H24N4O6S2.CH4.I2/c1-5-7-33-21(29)18-19(12(3)17-16(13(4)27)20(28)26(17)18)35-15-9-14(10-24-36(23,31)32)25(11-15)22(30)34-8-6-2;1-6-11-10(7(2)20)14(21)19(11)12(15(22)23)13(6)26-9-3-8(17-5-9)4-18-27(16,24)25;;1-2/h5-6,12-17,24,27H,1-2,7-11H2,3-4H3,(H2,23,31,32);6-11,17-18,20H,3-5H2,1-2H3,(H,22,23)(H2,16,24,25);1H4;/t12-,13-,14+,15+,16-,17-;6-,7-,8+,9+,10-,11-;;/m11../s1. The van der Waals surface area contributed by atoms with Crippen LogP contribution in [0.1, 0.15) is 48.0 Å². The molecule has 0 saturated carbocycles. The van der Waals surface area contributed by atoms with Crippen LogP contribution in [0.2, 0.25) is 0 Å². The lowest BCUT2D eigenvalue weighted by molar-refractivity contribution is -0.164. The van der Waals surface area contributed by atoms with E-state index in [0.29, 0.717) is 29.2 Å². The number of hydrogen-bond donors (Lipinski definition) is 8. The Morgan fingerprint density at radius 2 is 1.32 bits per heavy atom. The van der Waals surface area contributed by atoms with Gasteiger partial charge in [-0.25, -0.2) is 34.1 Å². The van der Waals surface area contributed by atoms with E-state index in [1.54, 1.807) is 13.8 Å². The number of aliphatic hydroxyl groups excluding tert-OH is 2. The summed E-state index contributed by atoms with van der Waals surface area (Å²) in [5.74, 6) is -4.18. The number of aliphatic carboxylic acids is 1. The highest BCUT2D eigenvalue weighted by Crippen LogP contribution is 2.53. The summed E-state index contributed by atoms with van der Waals surface area (Å²) in [6.07, 6.45) is 1.50. The predicted octanol–water partition coefficient (Wildman–Crippen LogP) is 0.881. The monoisotopic (exact) mass is 1230 g/mol. The van der Waals surface area contributed by atoms with E-state index in [1.807, 2.05) is 13.8 Å². The normalized spacial score (nSPS) is 29.8. The van der Waals surface area contributed by atoms with E-state index in [9.17, 15) is 56.1 Å². The number of β-lactam (4-membered cyclic amide) rings is 2. The summed E-state index contributed by atoms with van der Waals surface area (Å²) in [5, 5.41) is 42.6. The van der Waals surface area contributed by atoms with Crippen LogP contribution in [-0.4, -0.2) is 163 Å². The number of halogens is 2. The molecular weight excluding hydrogens is 1170 g/mol. The van der Waals surface area contributed by atoms with Gasteiger partial charge in [-0.2, -0.15) is 16.8 Å². The molecular formula is C38H60I2N8O14S4. The second kappa shape index (κ2) is 24.6.